The number of hydrogen-bond acceptors (Lipinski definition) is 3. The third-order valence-electron chi connectivity index (χ3n) is 2.13. The number of hydrogen-bond donors (Lipinski definition) is 1. The van der Waals surface area contributed by atoms with Crippen molar-refractivity contribution in [2.45, 2.75) is 19.8 Å². The molecular weight excluding hydrogens is 172 g/mol. The lowest BCUT2D eigenvalue weighted by Gasteiger charge is -2.23. The molecule has 1 aliphatic heterocycles. The van der Waals surface area contributed by atoms with Crippen molar-refractivity contribution in [3.05, 3.63) is 11.6 Å². The number of carbonyl (C=O) groups excluding carboxylic acids is 1. The Balaban J connectivity index is 2.65. The summed E-state index contributed by atoms with van der Waals surface area (Å²) in [5, 5.41) is 8.59. The first-order valence-electron chi connectivity index (χ1n) is 4.16. The van der Waals surface area contributed by atoms with Crippen LogP contribution in [0.5, 0.6) is 0 Å². The molecular formula is C9H12O4. The van der Waals surface area contributed by atoms with Gasteiger partial charge in [-0.05, 0) is 12.5 Å². The predicted molar refractivity (Wildman–Crippen MR) is 45.1 cm³/mol. The Hall–Kier alpha value is -1.32. The number of carboxylic acid groups (broad SMARTS) is 1. The molecule has 0 bridgehead atoms. The van der Waals surface area contributed by atoms with Crippen LogP contribution in [0.25, 0.3) is 0 Å². The molecule has 1 fully saturated rings. The SMILES string of the molecule is C/C=C1/COC(=O)CC1CC(=O)O. The molecule has 0 amide bonds. The number of allylic oxidation sites excluding steroid dienone is 1. The van der Waals surface area contributed by atoms with Crippen LogP contribution in [0.15, 0.2) is 11.6 Å². The van der Waals surface area contributed by atoms with Gasteiger partial charge in [-0.15, -0.1) is 0 Å². The third-order valence-corrected chi connectivity index (χ3v) is 2.13. The van der Waals surface area contributed by atoms with Crippen LogP contribution in [0, 0.1) is 5.92 Å². The molecule has 0 aromatic heterocycles. The normalized spacial score (nSPS) is 25.8. The van der Waals surface area contributed by atoms with E-state index in [2.05, 4.69) is 0 Å². The van der Waals surface area contributed by atoms with Gasteiger partial charge in [0.25, 0.3) is 0 Å². The van der Waals surface area contributed by atoms with Crippen molar-refractivity contribution in [2.75, 3.05) is 6.61 Å². The molecule has 4 nitrogen and oxygen atoms in total. The molecule has 1 heterocycles. The van der Waals surface area contributed by atoms with Gasteiger partial charge in [0.1, 0.15) is 6.61 Å². The van der Waals surface area contributed by atoms with E-state index in [1.165, 1.54) is 0 Å². The molecule has 1 aliphatic rings. The Morgan fingerprint density at radius 3 is 3.00 bits per heavy atom. The van der Waals surface area contributed by atoms with E-state index in [0.717, 1.165) is 5.57 Å². The summed E-state index contributed by atoms with van der Waals surface area (Å²) in [7, 11) is 0. The predicted octanol–water partition coefficient (Wildman–Crippen LogP) is 0.970. The molecule has 0 saturated carbocycles. The van der Waals surface area contributed by atoms with E-state index >= 15 is 0 Å². The Morgan fingerprint density at radius 2 is 2.46 bits per heavy atom. The summed E-state index contributed by atoms with van der Waals surface area (Å²) < 4.78 is 4.79. The molecule has 1 atom stereocenters. The van der Waals surface area contributed by atoms with Crippen LogP contribution in [0.1, 0.15) is 19.8 Å². The summed E-state index contributed by atoms with van der Waals surface area (Å²) >= 11 is 0. The van der Waals surface area contributed by atoms with E-state index in [-0.39, 0.29) is 31.3 Å². The highest BCUT2D eigenvalue weighted by Gasteiger charge is 2.26. The second-order valence-corrected chi connectivity index (χ2v) is 3.02. The van der Waals surface area contributed by atoms with E-state index < -0.39 is 5.97 Å². The zero-order valence-electron chi connectivity index (χ0n) is 7.45. The molecule has 0 aliphatic carbocycles. The van der Waals surface area contributed by atoms with Crippen molar-refractivity contribution in [1.29, 1.82) is 0 Å². The minimum Gasteiger partial charge on any atom is -0.481 e. The van der Waals surface area contributed by atoms with Crippen molar-refractivity contribution in [2.24, 2.45) is 5.92 Å². The summed E-state index contributed by atoms with van der Waals surface area (Å²) in [6.07, 6.45) is 2.01. The van der Waals surface area contributed by atoms with E-state index in [4.69, 9.17) is 9.84 Å². The van der Waals surface area contributed by atoms with Gasteiger partial charge < -0.3 is 9.84 Å². The summed E-state index contributed by atoms with van der Waals surface area (Å²) in [4.78, 5) is 21.3. The van der Waals surface area contributed by atoms with Crippen molar-refractivity contribution < 1.29 is 19.4 Å². The maximum atomic E-state index is 10.9. The second-order valence-electron chi connectivity index (χ2n) is 3.02. The first kappa shape index (κ1) is 9.77. The first-order valence-corrected chi connectivity index (χ1v) is 4.16. The topological polar surface area (TPSA) is 63.6 Å². The minimum absolute atomic E-state index is 0.00870. The van der Waals surface area contributed by atoms with Crippen LogP contribution in [0.3, 0.4) is 0 Å². The summed E-state index contributed by atoms with van der Waals surface area (Å²) in [6, 6.07) is 0. The van der Waals surface area contributed by atoms with Gasteiger partial charge in [-0.2, -0.15) is 0 Å². The molecule has 1 saturated heterocycles. The minimum atomic E-state index is -0.876. The quantitative estimate of drug-likeness (QED) is 0.513. The smallest absolute Gasteiger partial charge is 0.306 e. The van der Waals surface area contributed by atoms with Gasteiger partial charge in [-0.1, -0.05) is 6.08 Å². The van der Waals surface area contributed by atoms with Gasteiger partial charge in [-0.25, -0.2) is 0 Å². The van der Waals surface area contributed by atoms with E-state index in [0.29, 0.717) is 0 Å². The number of aliphatic carboxylic acids is 1. The number of carboxylic acids is 1. The summed E-state index contributed by atoms with van der Waals surface area (Å²) in [5.41, 5.74) is 0.905. The van der Waals surface area contributed by atoms with Crippen LogP contribution in [-0.4, -0.2) is 23.7 Å². The fraction of sp³-hybridized carbons (Fsp3) is 0.556. The summed E-state index contributed by atoms with van der Waals surface area (Å²) in [6.45, 7) is 2.07. The zero-order valence-corrected chi connectivity index (χ0v) is 7.45. The Morgan fingerprint density at radius 1 is 1.77 bits per heavy atom. The largest absolute Gasteiger partial charge is 0.481 e. The van der Waals surface area contributed by atoms with Crippen molar-refractivity contribution in [3.63, 3.8) is 0 Å². The van der Waals surface area contributed by atoms with Gasteiger partial charge in [0.15, 0.2) is 0 Å². The van der Waals surface area contributed by atoms with Crippen LogP contribution in [0.4, 0.5) is 0 Å². The van der Waals surface area contributed by atoms with Crippen molar-refractivity contribution in [1.82, 2.24) is 0 Å². The average molecular weight is 184 g/mol. The lowest BCUT2D eigenvalue weighted by molar-refractivity contribution is -0.147. The molecule has 1 unspecified atom stereocenters. The molecule has 0 aromatic carbocycles. The standard InChI is InChI=1S/C9H12O4/c1-2-6-5-13-9(12)4-7(6)3-8(10)11/h2,7H,3-5H2,1H3,(H,10,11)/b6-2-. The Bertz CT molecular complexity index is 252. The fourth-order valence-electron chi connectivity index (χ4n) is 1.41. The van der Waals surface area contributed by atoms with Crippen LogP contribution < -0.4 is 0 Å². The lowest BCUT2D eigenvalue weighted by atomic mass is 9.91. The van der Waals surface area contributed by atoms with Gasteiger partial charge in [0, 0.05) is 5.92 Å². The fourth-order valence-corrected chi connectivity index (χ4v) is 1.41. The number of rotatable bonds is 2. The van der Waals surface area contributed by atoms with Crippen molar-refractivity contribution in [3.8, 4) is 0 Å². The van der Waals surface area contributed by atoms with Gasteiger partial charge in [0.2, 0.25) is 0 Å². The Kier molecular flexibility index (Phi) is 3.06. The molecule has 72 valence electrons. The highest BCUT2D eigenvalue weighted by Crippen LogP contribution is 2.24. The third kappa shape index (κ3) is 2.57. The highest BCUT2D eigenvalue weighted by molar-refractivity contribution is 5.74. The number of ether oxygens (including phenoxy) is 1. The zero-order chi connectivity index (χ0) is 9.84. The molecule has 1 N–H and O–H groups in total. The molecule has 0 spiro atoms. The van der Waals surface area contributed by atoms with Crippen LogP contribution in [0.2, 0.25) is 0 Å². The van der Waals surface area contributed by atoms with E-state index in [9.17, 15) is 9.59 Å². The maximum absolute atomic E-state index is 10.9. The van der Waals surface area contributed by atoms with Gasteiger partial charge in [-0.3, -0.25) is 9.59 Å². The first-order chi connectivity index (χ1) is 6.13. The lowest BCUT2D eigenvalue weighted by Crippen LogP contribution is -2.25. The molecule has 4 heteroatoms. The number of carbonyl (C=O) groups is 2. The highest BCUT2D eigenvalue weighted by atomic mass is 16.5. The van der Waals surface area contributed by atoms with E-state index in [1.54, 1.807) is 0 Å². The Labute approximate surface area is 76.2 Å². The van der Waals surface area contributed by atoms with Crippen molar-refractivity contribution >= 4 is 11.9 Å². The molecule has 1 rings (SSSR count). The number of esters is 1. The summed E-state index contributed by atoms with van der Waals surface area (Å²) in [5.74, 6) is -1.36. The monoisotopic (exact) mass is 184 g/mol. The maximum Gasteiger partial charge on any atom is 0.306 e. The number of cyclic esters (lactones) is 1. The van der Waals surface area contributed by atoms with Gasteiger partial charge >= 0.3 is 11.9 Å². The molecule has 0 aromatic rings. The molecule has 0 radical (unpaired) electrons. The second kappa shape index (κ2) is 4.07. The van der Waals surface area contributed by atoms with Crippen LogP contribution in [-0.2, 0) is 14.3 Å². The average Bonchev–Trinajstić information content (AvgIpc) is 2.03. The van der Waals surface area contributed by atoms with Crippen LogP contribution >= 0.6 is 0 Å². The van der Waals surface area contributed by atoms with E-state index in [1.807, 2.05) is 13.0 Å². The molecule has 13 heavy (non-hydrogen) atoms. The van der Waals surface area contributed by atoms with Gasteiger partial charge in [0.05, 0.1) is 12.8 Å².